The molecule has 0 saturated heterocycles. The highest BCUT2D eigenvalue weighted by Crippen LogP contribution is 2.36. The van der Waals surface area contributed by atoms with E-state index in [9.17, 15) is 0 Å². The van der Waals surface area contributed by atoms with Crippen molar-refractivity contribution in [1.82, 2.24) is 10.2 Å². The molecule has 4 aromatic rings. The minimum Gasteiger partial charge on any atom is -0.418 e. The van der Waals surface area contributed by atoms with Crippen LogP contribution in [0.25, 0.3) is 21.5 Å². The zero-order chi connectivity index (χ0) is 16.8. The number of hydrogen-bond acceptors (Lipinski definition) is 5. The van der Waals surface area contributed by atoms with Crippen molar-refractivity contribution in [2.24, 2.45) is 0 Å². The number of benzene rings is 2. The average Bonchev–Trinajstić information content (AvgIpc) is 3.38. The van der Waals surface area contributed by atoms with E-state index < -0.39 is 0 Å². The van der Waals surface area contributed by atoms with Crippen LogP contribution in [0.2, 0.25) is 0 Å². The second kappa shape index (κ2) is 5.70. The van der Waals surface area contributed by atoms with Gasteiger partial charge in [0, 0.05) is 11.1 Å². The van der Waals surface area contributed by atoms with Crippen molar-refractivity contribution in [2.75, 3.05) is 5.32 Å². The van der Waals surface area contributed by atoms with Gasteiger partial charge in [-0.1, -0.05) is 30.3 Å². The van der Waals surface area contributed by atoms with Crippen molar-refractivity contribution in [3.05, 3.63) is 64.9 Å². The van der Waals surface area contributed by atoms with Gasteiger partial charge in [-0.05, 0) is 53.8 Å². The second-order valence-corrected chi connectivity index (χ2v) is 7.35. The predicted molar refractivity (Wildman–Crippen MR) is 101 cm³/mol. The minimum absolute atomic E-state index is 0.0559. The highest BCUT2D eigenvalue weighted by atomic mass is 32.1. The normalized spacial score (nSPS) is 14.1. The van der Waals surface area contributed by atoms with Crippen LogP contribution in [0.15, 0.2) is 52.3 Å². The number of aromatic nitrogens is 2. The molecule has 2 aromatic heterocycles. The lowest BCUT2D eigenvalue weighted by Gasteiger charge is -2.15. The summed E-state index contributed by atoms with van der Waals surface area (Å²) >= 11 is 1.60. The first-order valence-corrected chi connectivity index (χ1v) is 9.35. The lowest BCUT2D eigenvalue weighted by atomic mass is 10.0. The van der Waals surface area contributed by atoms with E-state index in [1.807, 2.05) is 17.5 Å². The summed E-state index contributed by atoms with van der Waals surface area (Å²) in [5.41, 5.74) is 4.01. The molecule has 0 aliphatic heterocycles. The Morgan fingerprint density at radius 2 is 1.92 bits per heavy atom. The van der Waals surface area contributed by atoms with Crippen LogP contribution in [0.4, 0.5) is 5.69 Å². The number of aryl methyl sites for hydroxylation is 2. The maximum Gasteiger partial charge on any atom is 0.257 e. The highest BCUT2D eigenvalue weighted by Gasteiger charge is 2.19. The van der Waals surface area contributed by atoms with Crippen molar-refractivity contribution in [3.63, 3.8) is 0 Å². The third-order valence-corrected chi connectivity index (χ3v) is 5.65. The van der Waals surface area contributed by atoms with Crippen molar-refractivity contribution in [2.45, 2.75) is 25.8 Å². The van der Waals surface area contributed by atoms with Crippen LogP contribution in [0.5, 0.6) is 0 Å². The number of nitrogens with one attached hydrogen (secondary N) is 1. The van der Waals surface area contributed by atoms with Gasteiger partial charge < -0.3 is 9.73 Å². The number of anilines is 1. The van der Waals surface area contributed by atoms with Gasteiger partial charge in [0.05, 0.1) is 4.88 Å². The molecular formula is C20H17N3OS. The Morgan fingerprint density at radius 1 is 1.04 bits per heavy atom. The number of hydrogen-bond donors (Lipinski definition) is 1. The molecular weight excluding hydrogens is 330 g/mol. The standard InChI is InChI=1S/C20H17N3OS/c1-12(19-22-23-20(24-19)17-6-3-11-25-17)21-16-10-9-14-8-7-13-4-2-5-15(16)18(13)14/h2-6,9-12,21H,7-8H2,1H3/t12-/m1/s1. The first kappa shape index (κ1) is 14.7. The van der Waals surface area contributed by atoms with Gasteiger partial charge in [0.15, 0.2) is 0 Å². The van der Waals surface area contributed by atoms with Gasteiger partial charge in [0.2, 0.25) is 5.89 Å². The monoisotopic (exact) mass is 347 g/mol. The number of thiophene rings is 1. The fraction of sp³-hybridized carbons (Fsp3) is 0.200. The molecule has 1 atom stereocenters. The summed E-state index contributed by atoms with van der Waals surface area (Å²) < 4.78 is 5.86. The van der Waals surface area contributed by atoms with Gasteiger partial charge in [-0.15, -0.1) is 21.5 Å². The van der Waals surface area contributed by atoms with E-state index in [1.165, 1.54) is 21.9 Å². The fourth-order valence-electron chi connectivity index (χ4n) is 3.58. The largest absolute Gasteiger partial charge is 0.418 e. The van der Waals surface area contributed by atoms with Gasteiger partial charge in [-0.3, -0.25) is 0 Å². The van der Waals surface area contributed by atoms with Gasteiger partial charge in [-0.25, -0.2) is 0 Å². The molecule has 1 aliphatic carbocycles. The molecule has 5 heteroatoms. The van der Waals surface area contributed by atoms with E-state index in [2.05, 4.69) is 52.8 Å². The second-order valence-electron chi connectivity index (χ2n) is 6.40. The van der Waals surface area contributed by atoms with E-state index in [1.54, 1.807) is 11.3 Å². The van der Waals surface area contributed by atoms with Crippen molar-refractivity contribution >= 4 is 27.8 Å². The molecule has 1 aliphatic rings. The quantitative estimate of drug-likeness (QED) is 0.550. The first-order valence-electron chi connectivity index (χ1n) is 8.47. The number of nitrogens with zero attached hydrogens (tertiary/aromatic N) is 2. The van der Waals surface area contributed by atoms with E-state index in [4.69, 9.17) is 4.42 Å². The topological polar surface area (TPSA) is 51.0 Å². The highest BCUT2D eigenvalue weighted by molar-refractivity contribution is 7.13. The smallest absolute Gasteiger partial charge is 0.257 e. The van der Waals surface area contributed by atoms with Crippen LogP contribution in [-0.2, 0) is 12.8 Å². The Labute approximate surface area is 149 Å². The lowest BCUT2D eigenvalue weighted by molar-refractivity contribution is 0.486. The summed E-state index contributed by atoms with van der Waals surface area (Å²) in [5, 5.41) is 16.6. The Morgan fingerprint density at radius 3 is 2.76 bits per heavy atom. The fourth-order valence-corrected chi connectivity index (χ4v) is 4.22. The Hall–Kier alpha value is -2.66. The minimum atomic E-state index is -0.0559. The van der Waals surface area contributed by atoms with Gasteiger partial charge >= 0.3 is 0 Å². The molecule has 4 nitrogen and oxygen atoms in total. The van der Waals surface area contributed by atoms with Crippen LogP contribution >= 0.6 is 11.3 Å². The summed E-state index contributed by atoms with van der Waals surface area (Å²) in [7, 11) is 0. The summed E-state index contributed by atoms with van der Waals surface area (Å²) in [6, 6.07) is 14.9. The molecule has 2 heterocycles. The summed E-state index contributed by atoms with van der Waals surface area (Å²) in [4.78, 5) is 0.997. The molecule has 5 rings (SSSR count). The van der Waals surface area contributed by atoms with E-state index in [-0.39, 0.29) is 6.04 Å². The molecule has 0 amide bonds. The molecule has 0 fully saturated rings. The van der Waals surface area contributed by atoms with Gasteiger partial charge in [0.1, 0.15) is 6.04 Å². The van der Waals surface area contributed by atoms with Crippen molar-refractivity contribution < 1.29 is 4.42 Å². The maximum atomic E-state index is 5.86. The lowest BCUT2D eigenvalue weighted by Crippen LogP contribution is -2.07. The molecule has 25 heavy (non-hydrogen) atoms. The van der Waals surface area contributed by atoms with Crippen molar-refractivity contribution in [3.8, 4) is 10.8 Å². The van der Waals surface area contributed by atoms with E-state index >= 15 is 0 Å². The third kappa shape index (κ3) is 2.43. The van der Waals surface area contributed by atoms with Crippen molar-refractivity contribution in [1.29, 1.82) is 0 Å². The molecule has 0 radical (unpaired) electrons. The van der Waals surface area contributed by atoms with Gasteiger partial charge in [-0.2, -0.15) is 0 Å². The van der Waals surface area contributed by atoms with E-state index in [0.29, 0.717) is 11.8 Å². The van der Waals surface area contributed by atoms with Crippen LogP contribution in [0.3, 0.4) is 0 Å². The molecule has 0 saturated carbocycles. The molecule has 2 aromatic carbocycles. The summed E-state index contributed by atoms with van der Waals surface area (Å²) in [6.45, 7) is 2.05. The Kier molecular flexibility index (Phi) is 3.35. The van der Waals surface area contributed by atoms with Crippen LogP contribution < -0.4 is 5.32 Å². The Bertz CT molecular complexity index is 1040. The summed E-state index contributed by atoms with van der Waals surface area (Å²) in [6.07, 6.45) is 2.28. The molecule has 1 N–H and O–H groups in total. The van der Waals surface area contributed by atoms with Gasteiger partial charge in [0.25, 0.3) is 5.89 Å². The summed E-state index contributed by atoms with van der Waals surface area (Å²) in [5.74, 6) is 1.19. The zero-order valence-corrected chi connectivity index (χ0v) is 14.6. The maximum absolute atomic E-state index is 5.86. The predicted octanol–water partition coefficient (Wildman–Crippen LogP) is 5.22. The molecule has 0 spiro atoms. The SMILES string of the molecule is C[C@@H](Nc1ccc2c3c(cccc13)CC2)c1nnc(-c2cccs2)o1. The molecule has 124 valence electrons. The first-order chi connectivity index (χ1) is 12.3. The third-order valence-electron chi connectivity index (χ3n) is 4.79. The van der Waals surface area contributed by atoms with E-state index in [0.717, 1.165) is 23.4 Å². The van der Waals surface area contributed by atoms with Crippen LogP contribution in [-0.4, -0.2) is 10.2 Å². The molecule has 0 bridgehead atoms. The molecule has 0 unspecified atom stereocenters. The zero-order valence-electron chi connectivity index (χ0n) is 13.8. The average molecular weight is 347 g/mol. The number of rotatable bonds is 4. The van der Waals surface area contributed by atoms with Crippen LogP contribution in [0, 0.1) is 0 Å². The van der Waals surface area contributed by atoms with Crippen LogP contribution in [0.1, 0.15) is 30.0 Å². The Balaban J connectivity index is 1.47.